The van der Waals surface area contributed by atoms with E-state index in [0.717, 1.165) is 5.56 Å². The Morgan fingerprint density at radius 1 is 1.11 bits per heavy atom. The van der Waals surface area contributed by atoms with Crippen molar-refractivity contribution in [2.45, 2.75) is 33.2 Å². The Balaban J connectivity index is 2.24. The topological polar surface area (TPSA) is 49.7 Å². The summed E-state index contributed by atoms with van der Waals surface area (Å²) in [6, 6.07) is 7.31. The van der Waals surface area contributed by atoms with Gasteiger partial charge in [-0.2, -0.15) is 4.99 Å². The fourth-order valence-corrected chi connectivity index (χ4v) is 2.68. The first-order valence-electron chi connectivity index (χ1n) is 6.35. The summed E-state index contributed by atoms with van der Waals surface area (Å²) in [5.41, 5.74) is 0.0870. The molecule has 2 aliphatic heterocycles. The maximum atomic E-state index is 12.6. The van der Waals surface area contributed by atoms with Gasteiger partial charge in [0.2, 0.25) is 0 Å². The molecule has 0 aromatic heterocycles. The van der Waals surface area contributed by atoms with E-state index in [1.54, 1.807) is 17.9 Å². The summed E-state index contributed by atoms with van der Waals surface area (Å²) in [7, 11) is 0. The lowest BCUT2D eigenvalue weighted by atomic mass is 9.73. The second-order valence-corrected chi connectivity index (χ2v) is 6.25. The molecule has 0 N–H and O–H groups in total. The largest absolute Gasteiger partial charge is 0.276 e. The third kappa shape index (κ3) is 1.26. The zero-order valence-corrected chi connectivity index (χ0v) is 11.5. The fourth-order valence-electron chi connectivity index (χ4n) is 2.68. The maximum Gasteiger partial charge on any atom is 0.274 e. The van der Waals surface area contributed by atoms with E-state index in [9.17, 15) is 9.59 Å². The lowest BCUT2D eigenvalue weighted by Crippen LogP contribution is -2.58. The minimum atomic E-state index is -0.918. The van der Waals surface area contributed by atoms with Crippen LogP contribution in [0.5, 0.6) is 0 Å². The number of amides is 2. The molecule has 0 aliphatic carbocycles. The highest BCUT2D eigenvalue weighted by Crippen LogP contribution is 2.44. The van der Waals surface area contributed by atoms with Gasteiger partial charge in [-0.15, -0.1) is 0 Å². The van der Waals surface area contributed by atoms with E-state index in [-0.39, 0.29) is 17.2 Å². The van der Waals surface area contributed by atoms with Crippen molar-refractivity contribution >= 4 is 17.6 Å². The molecule has 2 amide bonds. The number of nitrogens with zero attached hydrogens (tertiary/aromatic N) is 2. The van der Waals surface area contributed by atoms with Gasteiger partial charge in [0.05, 0.1) is 5.56 Å². The number of fused-ring (bicyclic) bond motifs is 3. The number of hydrogen-bond acceptors (Lipinski definition) is 2. The van der Waals surface area contributed by atoms with Crippen LogP contribution in [0.15, 0.2) is 29.3 Å². The number of amidine groups is 1. The lowest BCUT2D eigenvalue weighted by molar-refractivity contribution is -0.129. The molecule has 0 saturated carbocycles. The Morgan fingerprint density at radius 2 is 1.68 bits per heavy atom. The Morgan fingerprint density at radius 3 is 2.26 bits per heavy atom. The van der Waals surface area contributed by atoms with Crippen LogP contribution < -0.4 is 0 Å². The fraction of sp³-hybridized carbons (Fsp3) is 0.400. The van der Waals surface area contributed by atoms with Gasteiger partial charge in [0.1, 0.15) is 11.4 Å². The highest BCUT2D eigenvalue weighted by Gasteiger charge is 2.59. The van der Waals surface area contributed by atoms with E-state index in [1.165, 1.54) is 0 Å². The van der Waals surface area contributed by atoms with Crippen molar-refractivity contribution < 1.29 is 9.59 Å². The molecule has 2 aliphatic rings. The van der Waals surface area contributed by atoms with Crippen molar-refractivity contribution in [3.63, 3.8) is 0 Å². The van der Waals surface area contributed by atoms with Crippen molar-refractivity contribution in [3.8, 4) is 0 Å². The summed E-state index contributed by atoms with van der Waals surface area (Å²) in [4.78, 5) is 30.6. The van der Waals surface area contributed by atoms with E-state index >= 15 is 0 Å². The van der Waals surface area contributed by atoms with E-state index in [4.69, 9.17) is 0 Å². The van der Waals surface area contributed by atoms with E-state index in [2.05, 4.69) is 4.99 Å². The molecule has 1 aromatic rings. The van der Waals surface area contributed by atoms with Gasteiger partial charge in [0.25, 0.3) is 11.8 Å². The molecule has 0 fully saturated rings. The molecule has 4 nitrogen and oxygen atoms in total. The Hall–Kier alpha value is -1.97. The van der Waals surface area contributed by atoms with Gasteiger partial charge in [-0.25, -0.2) is 0 Å². The molecule has 1 unspecified atom stereocenters. The molecule has 19 heavy (non-hydrogen) atoms. The average Bonchev–Trinajstić information content (AvgIpc) is 2.76. The Kier molecular flexibility index (Phi) is 2.11. The molecule has 4 heteroatoms. The first-order chi connectivity index (χ1) is 8.78. The minimum Gasteiger partial charge on any atom is -0.276 e. The second kappa shape index (κ2) is 3.32. The Bertz CT molecular complexity index is 640. The molecular formula is C15H16N2O2. The SMILES string of the molecule is CC(C)(C)C1(C)C(=O)N=C2c3ccccc3C(=O)N21. The van der Waals surface area contributed by atoms with Crippen molar-refractivity contribution in [2.24, 2.45) is 10.4 Å². The summed E-state index contributed by atoms with van der Waals surface area (Å²) in [6.07, 6.45) is 0. The van der Waals surface area contributed by atoms with Gasteiger partial charge in [-0.1, -0.05) is 39.0 Å². The van der Waals surface area contributed by atoms with Crippen LogP contribution in [0, 0.1) is 5.41 Å². The molecule has 98 valence electrons. The first kappa shape index (κ1) is 12.1. The van der Waals surface area contributed by atoms with Crippen LogP contribution in [0.25, 0.3) is 0 Å². The summed E-state index contributed by atoms with van der Waals surface area (Å²) in [5, 5.41) is 0. The summed E-state index contributed by atoms with van der Waals surface area (Å²) in [6.45, 7) is 7.68. The van der Waals surface area contributed by atoms with Crippen molar-refractivity contribution in [1.29, 1.82) is 0 Å². The monoisotopic (exact) mass is 256 g/mol. The number of carbonyl (C=O) groups excluding carboxylic acids is 2. The van der Waals surface area contributed by atoms with Crippen molar-refractivity contribution in [1.82, 2.24) is 4.90 Å². The van der Waals surface area contributed by atoms with Crippen molar-refractivity contribution in [2.75, 3.05) is 0 Å². The van der Waals surface area contributed by atoms with Crippen LogP contribution in [0.1, 0.15) is 43.6 Å². The molecule has 0 bridgehead atoms. The normalized spacial score (nSPS) is 25.5. The molecule has 3 rings (SSSR count). The third-order valence-electron chi connectivity index (χ3n) is 4.34. The molecule has 2 heterocycles. The number of rotatable bonds is 0. The molecule has 0 saturated heterocycles. The van der Waals surface area contributed by atoms with E-state index in [0.29, 0.717) is 11.4 Å². The van der Waals surface area contributed by atoms with Gasteiger partial charge in [0, 0.05) is 5.56 Å². The zero-order valence-electron chi connectivity index (χ0n) is 11.5. The Labute approximate surface area is 112 Å². The molecule has 1 aromatic carbocycles. The predicted molar refractivity (Wildman–Crippen MR) is 72.0 cm³/mol. The zero-order chi connectivity index (χ0) is 14.0. The van der Waals surface area contributed by atoms with Gasteiger partial charge in [-0.05, 0) is 18.4 Å². The smallest absolute Gasteiger partial charge is 0.274 e. The van der Waals surface area contributed by atoms with E-state index < -0.39 is 5.54 Å². The highest BCUT2D eigenvalue weighted by atomic mass is 16.2. The predicted octanol–water partition coefficient (Wildman–Crippen LogP) is 2.23. The summed E-state index contributed by atoms with van der Waals surface area (Å²) < 4.78 is 0. The maximum absolute atomic E-state index is 12.6. The lowest BCUT2D eigenvalue weighted by Gasteiger charge is -2.41. The van der Waals surface area contributed by atoms with Crippen LogP contribution in [0.4, 0.5) is 0 Å². The van der Waals surface area contributed by atoms with E-state index in [1.807, 2.05) is 39.0 Å². The van der Waals surface area contributed by atoms with Crippen LogP contribution in [0.2, 0.25) is 0 Å². The molecular weight excluding hydrogens is 240 g/mol. The minimum absolute atomic E-state index is 0.127. The van der Waals surface area contributed by atoms with Crippen LogP contribution in [0.3, 0.4) is 0 Å². The number of carbonyl (C=O) groups is 2. The molecule has 1 atom stereocenters. The summed E-state index contributed by atoms with van der Waals surface area (Å²) in [5.74, 6) is 0.138. The van der Waals surface area contributed by atoms with Gasteiger partial charge in [0.15, 0.2) is 0 Å². The number of benzene rings is 1. The van der Waals surface area contributed by atoms with Crippen molar-refractivity contribution in [3.05, 3.63) is 35.4 Å². The van der Waals surface area contributed by atoms with Crippen LogP contribution in [-0.4, -0.2) is 28.1 Å². The summed E-state index contributed by atoms with van der Waals surface area (Å²) >= 11 is 0. The second-order valence-electron chi connectivity index (χ2n) is 6.25. The highest BCUT2D eigenvalue weighted by molar-refractivity contribution is 6.30. The first-order valence-corrected chi connectivity index (χ1v) is 6.35. The van der Waals surface area contributed by atoms with Gasteiger partial charge >= 0.3 is 0 Å². The quantitative estimate of drug-likeness (QED) is 0.714. The van der Waals surface area contributed by atoms with Crippen LogP contribution >= 0.6 is 0 Å². The van der Waals surface area contributed by atoms with Crippen LogP contribution in [-0.2, 0) is 4.79 Å². The number of hydrogen-bond donors (Lipinski definition) is 0. The molecule has 0 spiro atoms. The van der Waals surface area contributed by atoms with Gasteiger partial charge < -0.3 is 0 Å². The van der Waals surface area contributed by atoms with Gasteiger partial charge in [-0.3, -0.25) is 14.5 Å². The standard InChI is InChI=1S/C15H16N2O2/c1-14(2,3)15(4)13(19)16-11-9-7-5-6-8-10(9)12(18)17(11)15/h5-8H,1-4H3. The average molecular weight is 256 g/mol. The molecule has 0 radical (unpaired) electrons. The number of aliphatic imine (C=N–C) groups is 1. The third-order valence-corrected chi connectivity index (χ3v) is 4.34.